The maximum Gasteiger partial charge on any atom is 0.342 e. The average Bonchev–Trinajstić information content (AvgIpc) is 2.51. The van der Waals surface area contributed by atoms with Gasteiger partial charge < -0.3 is 19.7 Å². The predicted molar refractivity (Wildman–Crippen MR) is 83.0 cm³/mol. The number of carbonyl (C=O) groups is 1. The summed E-state index contributed by atoms with van der Waals surface area (Å²) in [6, 6.07) is 9.61. The van der Waals surface area contributed by atoms with Gasteiger partial charge in [0.25, 0.3) is 0 Å². The van der Waals surface area contributed by atoms with Gasteiger partial charge in [-0.3, -0.25) is 0 Å². The van der Waals surface area contributed by atoms with Gasteiger partial charge in [0.1, 0.15) is 22.8 Å². The van der Waals surface area contributed by atoms with Crippen molar-refractivity contribution in [2.45, 2.75) is 0 Å². The van der Waals surface area contributed by atoms with Crippen molar-refractivity contribution in [3.05, 3.63) is 53.1 Å². The normalized spacial score (nSPS) is 10.6. The first-order valence-electron chi connectivity index (χ1n) is 6.51. The third kappa shape index (κ3) is 3.38. The van der Waals surface area contributed by atoms with E-state index in [0.717, 1.165) is 5.56 Å². The molecule has 5 nitrogen and oxygen atoms in total. The van der Waals surface area contributed by atoms with Gasteiger partial charge in [-0.15, -0.1) is 0 Å². The fraction of sp³-hybridized carbons (Fsp3) is 0.118. The molecule has 0 aliphatic carbocycles. The van der Waals surface area contributed by atoms with Crippen LogP contribution in [0.15, 0.2) is 36.4 Å². The van der Waals surface area contributed by atoms with Gasteiger partial charge in [-0.25, -0.2) is 4.79 Å². The first-order chi connectivity index (χ1) is 10.5. The van der Waals surface area contributed by atoms with E-state index in [1.54, 1.807) is 42.5 Å². The van der Waals surface area contributed by atoms with E-state index in [1.165, 1.54) is 20.3 Å². The summed E-state index contributed by atoms with van der Waals surface area (Å²) in [5, 5.41) is 19.4. The first-order valence-corrected chi connectivity index (χ1v) is 6.51. The number of hydrogen-bond donors (Lipinski definition) is 2. The fourth-order valence-electron chi connectivity index (χ4n) is 2.01. The number of aromatic hydroxyl groups is 2. The van der Waals surface area contributed by atoms with Gasteiger partial charge in [0.15, 0.2) is 0 Å². The Morgan fingerprint density at radius 1 is 1.09 bits per heavy atom. The summed E-state index contributed by atoms with van der Waals surface area (Å²) in [6.07, 6.45) is 3.35. The highest BCUT2D eigenvalue weighted by atomic mass is 16.5. The van der Waals surface area contributed by atoms with Gasteiger partial charge in [0.2, 0.25) is 0 Å². The van der Waals surface area contributed by atoms with Crippen molar-refractivity contribution in [2.75, 3.05) is 14.2 Å². The number of esters is 1. The molecule has 0 aliphatic heterocycles. The summed E-state index contributed by atoms with van der Waals surface area (Å²) in [5.41, 5.74) is 1.25. The Morgan fingerprint density at radius 2 is 1.86 bits per heavy atom. The zero-order valence-electron chi connectivity index (χ0n) is 12.2. The molecule has 2 aromatic carbocycles. The van der Waals surface area contributed by atoms with E-state index in [9.17, 15) is 15.0 Å². The standard InChI is InChI=1S/C17H16O5/c1-21-14-9-12(16(15(19)10-14)17(20)22-2)7-6-11-4-3-5-13(18)8-11/h3-10,18-19H,1-2H3/b7-6+. The molecule has 2 rings (SSSR count). The number of phenols is 2. The molecule has 2 N–H and O–H groups in total. The number of rotatable bonds is 4. The molecular formula is C17H16O5. The molecule has 0 unspecified atom stereocenters. The number of carbonyl (C=O) groups excluding carboxylic acids is 1. The van der Waals surface area contributed by atoms with E-state index in [1.807, 2.05) is 0 Å². The van der Waals surface area contributed by atoms with Crippen LogP contribution in [0.2, 0.25) is 0 Å². The SMILES string of the molecule is COC(=O)c1c(O)cc(OC)cc1/C=C/c1cccc(O)c1. The molecule has 0 fully saturated rings. The van der Waals surface area contributed by atoms with Crippen molar-refractivity contribution in [2.24, 2.45) is 0 Å². The van der Waals surface area contributed by atoms with Crippen molar-refractivity contribution in [3.63, 3.8) is 0 Å². The Labute approximate surface area is 128 Å². The van der Waals surface area contributed by atoms with Gasteiger partial charge in [0, 0.05) is 6.07 Å². The first kappa shape index (κ1) is 15.4. The summed E-state index contributed by atoms with van der Waals surface area (Å²) >= 11 is 0. The molecular weight excluding hydrogens is 284 g/mol. The second-order valence-corrected chi connectivity index (χ2v) is 4.53. The van der Waals surface area contributed by atoms with Crippen LogP contribution in [0.4, 0.5) is 0 Å². The average molecular weight is 300 g/mol. The number of ether oxygens (including phenoxy) is 2. The second-order valence-electron chi connectivity index (χ2n) is 4.53. The summed E-state index contributed by atoms with van der Waals surface area (Å²) < 4.78 is 9.78. The van der Waals surface area contributed by atoms with Crippen LogP contribution in [0.5, 0.6) is 17.2 Å². The lowest BCUT2D eigenvalue weighted by atomic mass is 10.0. The van der Waals surface area contributed by atoms with E-state index in [2.05, 4.69) is 4.74 Å². The minimum atomic E-state index is -0.643. The number of phenolic OH excluding ortho intramolecular Hbond substituents is 2. The smallest absolute Gasteiger partial charge is 0.342 e. The van der Waals surface area contributed by atoms with Gasteiger partial charge in [-0.2, -0.15) is 0 Å². The van der Waals surface area contributed by atoms with Crippen molar-refractivity contribution in [3.8, 4) is 17.2 Å². The highest BCUT2D eigenvalue weighted by Gasteiger charge is 2.17. The summed E-state index contributed by atoms with van der Waals surface area (Å²) in [5.74, 6) is -0.304. The maximum atomic E-state index is 11.8. The minimum absolute atomic E-state index is 0.0553. The third-order valence-corrected chi connectivity index (χ3v) is 3.07. The molecule has 0 saturated carbocycles. The molecule has 0 spiro atoms. The fourth-order valence-corrected chi connectivity index (χ4v) is 2.01. The van der Waals surface area contributed by atoms with E-state index in [-0.39, 0.29) is 17.1 Å². The van der Waals surface area contributed by atoms with E-state index >= 15 is 0 Å². The zero-order valence-corrected chi connectivity index (χ0v) is 12.2. The third-order valence-electron chi connectivity index (χ3n) is 3.07. The van der Waals surface area contributed by atoms with E-state index < -0.39 is 5.97 Å². The summed E-state index contributed by atoms with van der Waals surface area (Å²) in [6.45, 7) is 0. The van der Waals surface area contributed by atoms with Crippen molar-refractivity contribution >= 4 is 18.1 Å². The number of hydrogen-bond acceptors (Lipinski definition) is 5. The van der Waals surface area contributed by atoms with Gasteiger partial charge in [-0.1, -0.05) is 24.3 Å². The Kier molecular flexibility index (Phi) is 4.68. The molecule has 0 heterocycles. The lowest BCUT2D eigenvalue weighted by Gasteiger charge is -2.09. The van der Waals surface area contributed by atoms with Crippen LogP contribution in [0.3, 0.4) is 0 Å². The number of benzene rings is 2. The molecule has 2 aromatic rings. The van der Waals surface area contributed by atoms with Gasteiger partial charge >= 0.3 is 5.97 Å². The van der Waals surface area contributed by atoms with Crippen LogP contribution < -0.4 is 4.74 Å². The van der Waals surface area contributed by atoms with Crippen molar-refractivity contribution in [1.29, 1.82) is 0 Å². The van der Waals surface area contributed by atoms with Crippen LogP contribution in [0.25, 0.3) is 12.2 Å². The molecule has 5 heteroatoms. The van der Waals surface area contributed by atoms with Gasteiger partial charge in [0.05, 0.1) is 14.2 Å². The van der Waals surface area contributed by atoms with Crippen LogP contribution >= 0.6 is 0 Å². The zero-order chi connectivity index (χ0) is 16.1. The molecule has 0 saturated heterocycles. The molecule has 0 aliphatic rings. The van der Waals surface area contributed by atoms with Gasteiger partial charge in [-0.05, 0) is 29.3 Å². The van der Waals surface area contributed by atoms with Crippen LogP contribution in [-0.4, -0.2) is 30.4 Å². The van der Waals surface area contributed by atoms with Crippen LogP contribution in [0.1, 0.15) is 21.5 Å². The van der Waals surface area contributed by atoms with E-state index in [0.29, 0.717) is 11.3 Å². The highest BCUT2D eigenvalue weighted by Crippen LogP contribution is 2.30. The maximum absolute atomic E-state index is 11.8. The molecule has 0 atom stereocenters. The monoisotopic (exact) mass is 300 g/mol. The van der Waals surface area contributed by atoms with E-state index in [4.69, 9.17) is 4.74 Å². The molecule has 0 amide bonds. The predicted octanol–water partition coefficient (Wildman–Crippen LogP) is 3.06. The minimum Gasteiger partial charge on any atom is -0.508 e. The molecule has 0 aromatic heterocycles. The lowest BCUT2D eigenvalue weighted by Crippen LogP contribution is -2.04. The van der Waals surface area contributed by atoms with Crippen molar-refractivity contribution in [1.82, 2.24) is 0 Å². The van der Waals surface area contributed by atoms with Crippen LogP contribution in [0, 0.1) is 0 Å². The molecule has 22 heavy (non-hydrogen) atoms. The lowest BCUT2D eigenvalue weighted by molar-refractivity contribution is 0.0597. The Morgan fingerprint density at radius 3 is 2.50 bits per heavy atom. The largest absolute Gasteiger partial charge is 0.508 e. The quantitative estimate of drug-likeness (QED) is 0.670. The Bertz CT molecular complexity index is 719. The Hall–Kier alpha value is -2.95. The molecule has 114 valence electrons. The number of methoxy groups -OCH3 is 2. The molecule has 0 radical (unpaired) electrons. The highest BCUT2D eigenvalue weighted by molar-refractivity contribution is 5.98. The topological polar surface area (TPSA) is 76.0 Å². The van der Waals surface area contributed by atoms with Crippen LogP contribution in [-0.2, 0) is 4.74 Å². The van der Waals surface area contributed by atoms with Crippen molar-refractivity contribution < 1.29 is 24.5 Å². The second kappa shape index (κ2) is 6.67. The summed E-state index contributed by atoms with van der Waals surface area (Å²) in [7, 11) is 2.71. The Balaban J connectivity index is 2.48. The molecule has 0 bridgehead atoms. The summed E-state index contributed by atoms with van der Waals surface area (Å²) in [4.78, 5) is 11.8.